The van der Waals surface area contributed by atoms with Crippen molar-refractivity contribution < 1.29 is 14.6 Å². The van der Waals surface area contributed by atoms with Crippen molar-refractivity contribution >= 4 is 5.78 Å². The first-order valence-corrected chi connectivity index (χ1v) is 12.8. The van der Waals surface area contributed by atoms with Crippen LogP contribution in [0.1, 0.15) is 84.5 Å². The minimum atomic E-state index is -0.561. The van der Waals surface area contributed by atoms with Crippen LogP contribution in [0.4, 0.5) is 0 Å². The molecule has 3 aliphatic carbocycles. The third-order valence-corrected chi connectivity index (χ3v) is 9.25. The highest BCUT2D eigenvalue weighted by atomic mass is 16.5. The molecule has 0 aromatic carbocycles. The summed E-state index contributed by atoms with van der Waals surface area (Å²) in [5, 5.41) is 22.6. The summed E-state index contributed by atoms with van der Waals surface area (Å²) in [4.78, 5) is 14.5. The second-order valence-electron chi connectivity index (χ2n) is 11.5. The van der Waals surface area contributed by atoms with Gasteiger partial charge in [-0.05, 0) is 105 Å². The topological polar surface area (TPSA) is 90.1 Å². The summed E-state index contributed by atoms with van der Waals surface area (Å²) in [6.45, 7) is 5.45. The summed E-state index contributed by atoms with van der Waals surface area (Å²) in [6.07, 6.45) is 13.6. The van der Waals surface area contributed by atoms with E-state index in [1.54, 1.807) is 7.11 Å². The number of nitrogens with zero attached hydrogens (tertiary/aromatic N) is 4. The van der Waals surface area contributed by atoms with Crippen LogP contribution in [-0.2, 0) is 16.1 Å². The van der Waals surface area contributed by atoms with Crippen LogP contribution in [0.15, 0.2) is 6.33 Å². The largest absolute Gasteiger partial charge is 0.390 e. The van der Waals surface area contributed by atoms with Crippen LogP contribution in [0, 0.1) is 35.0 Å². The minimum absolute atomic E-state index is 0.124. The summed E-state index contributed by atoms with van der Waals surface area (Å²) in [7, 11) is 1.74. The standard InChI is InChI=1S/C25H42N4O3/c1-24(31,11-4-5-13-32-3)15-18-6-7-20-19(14-18)10-12-25(2)21(20)8-9-22(25)23(30)16-29-27-17-26-28-29/h17-22,31H,4-16H2,1-3H3/t18-,19-,20-,21+,22-,24?,25+/m1/s1. The SMILES string of the molecule is COCCCCC(C)(O)C[C@@H]1CC[C@@H]2[C@H](CC[C@]3(C)[C@@H](C(=O)Cn4ncnn4)CC[C@@H]23)C1. The average molecular weight is 447 g/mol. The predicted octanol–water partition coefficient (Wildman–Crippen LogP) is 4.06. The fourth-order valence-electron chi connectivity index (χ4n) is 7.77. The van der Waals surface area contributed by atoms with Gasteiger partial charge >= 0.3 is 0 Å². The Morgan fingerprint density at radius 1 is 1.25 bits per heavy atom. The zero-order chi connectivity index (χ0) is 22.8. The lowest BCUT2D eigenvalue weighted by atomic mass is 9.53. The predicted molar refractivity (Wildman–Crippen MR) is 122 cm³/mol. The van der Waals surface area contributed by atoms with Gasteiger partial charge in [0.15, 0.2) is 12.1 Å². The smallest absolute Gasteiger partial charge is 0.162 e. The lowest BCUT2D eigenvalue weighted by Gasteiger charge is -2.52. The first kappa shape index (κ1) is 23.8. The van der Waals surface area contributed by atoms with Gasteiger partial charge in [0.25, 0.3) is 0 Å². The van der Waals surface area contributed by atoms with Gasteiger partial charge in [0, 0.05) is 19.6 Å². The molecule has 32 heavy (non-hydrogen) atoms. The van der Waals surface area contributed by atoms with E-state index in [4.69, 9.17) is 4.74 Å². The number of methoxy groups -OCH3 is 1. The fourth-order valence-corrected chi connectivity index (χ4v) is 7.77. The van der Waals surface area contributed by atoms with Gasteiger partial charge in [-0.3, -0.25) is 4.79 Å². The van der Waals surface area contributed by atoms with Gasteiger partial charge in [-0.2, -0.15) is 4.80 Å². The molecule has 1 unspecified atom stereocenters. The van der Waals surface area contributed by atoms with Gasteiger partial charge in [0.1, 0.15) is 6.54 Å². The summed E-state index contributed by atoms with van der Waals surface area (Å²) >= 11 is 0. The molecule has 7 heteroatoms. The Bertz CT molecular complexity index is 752. The lowest BCUT2D eigenvalue weighted by Crippen LogP contribution is -2.46. The van der Waals surface area contributed by atoms with Crippen molar-refractivity contribution in [3.8, 4) is 0 Å². The molecule has 1 aromatic rings. The van der Waals surface area contributed by atoms with Gasteiger partial charge in [0.05, 0.1) is 5.60 Å². The van der Waals surface area contributed by atoms with Gasteiger partial charge < -0.3 is 9.84 Å². The average Bonchev–Trinajstić information content (AvgIpc) is 3.38. The van der Waals surface area contributed by atoms with Crippen molar-refractivity contribution in [2.75, 3.05) is 13.7 Å². The van der Waals surface area contributed by atoms with E-state index in [1.807, 2.05) is 6.92 Å². The molecular weight excluding hydrogens is 404 g/mol. The maximum atomic E-state index is 13.1. The van der Waals surface area contributed by atoms with Crippen LogP contribution in [0.5, 0.6) is 0 Å². The Morgan fingerprint density at radius 2 is 2.09 bits per heavy atom. The molecule has 0 saturated heterocycles. The zero-order valence-corrected chi connectivity index (χ0v) is 20.2. The number of aromatic nitrogens is 4. The second-order valence-corrected chi connectivity index (χ2v) is 11.5. The number of rotatable bonds is 10. The molecule has 1 aromatic heterocycles. The third-order valence-electron chi connectivity index (χ3n) is 9.25. The number of tetrazole rings is 1. The van der Waals surface area contributed by atoms with Crippen molar-refractivity contribution in [1.82, 2.24) is 20.2 Å². The highest BCUT2D eigenvalue weighted by Gasteiger charge is 2.56. The number of hydrogen-bond acceptors (Lipinski definition) is 6. The van der Waals surface area contributed by atoms with E-state index < -0.39 is 5.60 Å². The van der Waals surface area contributed by atoms with Crippen molar-refractivity contribution in [2.45, 2.75) is 96.6 Å². The molecule has 7 atom stereocenters. The van der Waals surface area contributed by atoms with E-state index in [2.05, 4.69) is 22.3 Å². The zero-order valence-electron chi connectivity index (χ0n) is 20.2. The van der Waals surface area contributed by atoms with Crippen LogP contribution in [0.3, 0.4) is 0 Å². The van der Waals surface area contributed by atoms with E-state index in [0.717, 1.165) is 57.0 Å². The maximum Gasteiger partial charge on any atom is 0.162 e. The highest BCUT2D eigenvalue weighted by Crippen LogP contribution is 2.62. The van der Waals surface area contributed by atoms with E-state index in [9.17, 15) is 9.90 Å². The molecule has 3 saturated carbocycles. The molecule has 0 radical (unpaired) electrons. The van der Waals surface area contributed by atoms with Crippen molar-refractivity contribution in [3.63, 3.8) is 0 Å². The molecule has 3 fully saturated rings. The number of Topliss-reactive ketones (excluding diaryl/α,β-unsaturated/α-hetero) is 1. The summed E-state index contributed by atoms with van der Waals surface area (Å²) in [5.41, 5.74) is -0.437. The maximum absolute atomic E-state index is 13.1. The quantitative estimate of drug-likeness (QED) is 0.545. The molecule has 1 N–H and O–H groups in total. The number of carbonyl (C=O) groups is 1. The molecule has 180 valence electrons. The van der Waals surface area contributed by atoms with Crippen molar-refractivity contribution in [3.05, 3.63) is 6.33 Å². The third kappa shape index (κ3) is 5.09. The molecule has 0 spiro atoms. The molecule has 7 nitrogen and oxygen atoms in total. The van der Waals surface area contributed by atoms with Gasteiger partial charge in [-0.15, -0.1) is 10.2 Å². The van der Waals surface area contributed by atoms with Crippen molar-refractivity contribution in [2.24, 2.45) is 35.0 Å². The molecule has 0 aliphatic heterocycles. The lowest BCUT2D eigenvalue weighted by molar-refractivity contribution is -0.130. The number of unbranched alkanes of at least 4 members (excludes halogenated alkanes) is 1. The normalized spacial score (nSPS) is 36.3. The van der Waals surface area contributed by atoms with E-state index >= 15 is 0 Å². The Labute approximate surface area is 192 Å². The molecule has 1 heterocycles. The van der Waals surface area contributed by atoms with Crippen LogP contribution in [-0.4, -0.2) is 50.4 Å². The number of fused-ring (bicyclic) bond motifs is 3. The number of carbonyl (C=O) groups excluding carboxylic acids is 1. The number of hydrogen-bond donors (Lipinski definition) is 1. The minimum Gasteiger partial charge on any atom is -0.390 e. The first-order valence-electron chi connectivity index (χ1n) is 12.8. The van der Waals surface area contributed by atoms with Gasteiger partial charge in [-0.25, -0.2) is 0 Å². The van der Waals surface area contributed by atoms with Crippen molar-refractivity contribution in [1.29, 1.82) is 0 Å². The summed E-state index contributed by atoms with van der Waals surface area (Å²) in [6, 6.07) is 0. The number of aliphatic hydroxyl groups is 1. The highest BCUT2D eigenvalue weighted by molar-refractivity contribution is 5.81. The van der Waals surface area contributed by atoms with Crippen LogP contribution < -0.4 is 0 Å². The molecular formula is C25H42N4O3. The van der Waals surface area contributed by atoms with Crippen LogP contribution >= 0.6 is 0 Å². The Balaban J connectivity index is 1.32. The van der Waals surface area contributed by atoms with E-state index in [0.29, 0.717) is 11.8 Å². The van der Waals surface area contributed by atoms with E-state index in [1.165, 1.54) is 43.2 Å². The van der Waals surface area contributed by atoms with E-state index in [-0.39, 0.29) is 23.7 Å². The Hall–Kier alpha value is -1.34. The van der Waals surface area contributed by atoms with Crippen LogP contribution in [0.25, 0.3) is 0 Å². The Kier molecular flexibility index (Phi) is 7.35. The molecule has 0 bridgehead atoms. The molecule has 3 aliphatic rings. The summed E-state index contributed by atoms with van der Waals surface area (Å²) in [5.74, 6) is 3.22. The monoisotopic (exact) mass is 446 g/mol. The summed E-state index contributed by atoms with van der Waals surface area (Å²) < 4.78 is 5.14. The first-order chi connectivity index (χ1) is 15.3. The number of ketones is 1. The van der Waals surface area contributed by atoms with Crippen LogP contribution in [0.2, 0.25) is 0 Å². The molecule has 4 rings (SSSR count). The molecule has 0 amide bonds. The second kappa shape index (κ2) is 9.88. The number of ether oxygens (including phenoxy) is 1. The fraction of sp³-hybridized carbons (Fsp3) is 0.920. The Morgan fingerprint density at radius 3 is 2.84 bits per heavy atom. The van der Waals surface area contributed by atoms with Gasteiger partial charge in [0.2, 0.25) is 0 Å². The van der Waals surface area contributed by atoms with Gasteiger partial charge in [-0.1, -0.05) is 13.3 Å².